The minimum atomic E-state index is -0.328. The smallest absolute Gasteiger partial charge is 0.257 e. The van der Waals surface area contributed by atoms with Gasteiger partial charge in [0, 0.05) is 45.0 Å². The summed E-state index contributed by atoms with van der Waals surface area (Å²) in [7, 11) is 1.62. The molecule has 0 aliphatic carbocycles. The number of halogens is 1. The van der Waals surface area contributed by atoms with Gasteiger partial charge in [0.05, 0.1) is 17.8 Å². The molecule has 0 unspecified atom stereocenters. The van der Waals surface area contributed by atoms with Gasteiger partial charge in [-0.15, -0.1) is 0 Å². The zero-order valence-corrected chi connectivity index (χ0v) is 18.2. The standard InChI is InChI=1S/C24H26FN5O2/c1-17-4-3-5-18(14-17)23-21(15-30(27-23)20-8-6-19(25)7-9-20)24(32)29-12-10-28(11-13-29)16-22(31)26-2/h3-9,14-15H,10-13,16H2,1-2H3,(H,26,31). The largest absolute Gasteiger partial charge is 0.358 e. The topological polar surface area (TPSA) is 70.5 Å². The lowest BCUT2D eigenvalue weighted by Crippen LogP contribution is -2.50. The van der Waals surface area contributed by atoms with Crippen molar-refractivity contribution in [3.05, 3.63) is 71.7 Å². The highest BCUT2D eigenvalue weighted by atomic mass is 19.1. The Balaban J connectivity index is 1.62. The highest BCUT2D eigenvalue weighted by Crippen LogP contribution is 2.26. The molecule has 0 saturated carbocycles. The summed E-state index contributed by atoms with van der Waals surface area (Å²) in [6.45, 7) is 4.65. The van der Waals surface area contributed by atoms with Gasteiger partial charge in [-0.3, -0.25) is 14.5 Å². The third kappa shape index (κ3) is 4.70. The Morgan fingerprint density at radius 2 is 1.78 bits per heavy atom. The van der Waals surface area contributed by atoms with Gasteiger partial charge in [-0.25, -0.2) is 9.07 Å². The third-order valence-corrected chi connectivity index (χ3v) is 5.63. The first-order valence-electron chi connectivity index (χ1n) is 10.6. The van der Waals surface area contributed by atoms with Crippen LogP contribution in [-0.2, 0) is 4.79 Å². The molecule has 0 atom stereocenters. The van der Waals surface area contributed by atoms with E-state index in [1.165, 1.54) is 12.1 Å². The molecule has 8 heteroatoms. The van der Waals surface area contributed by atoms with Crippen LogP contribution in [0.15, 0.2) is 54.7 Å². The number of aryl methyl sites for hydroxylation is 1. The molecule has 2 heterocycles. The number of nitrogens with one attached hydrogen (secondary N) is 1. The van der Waals surface area contributed by atoms with Crippen LogP contribution in [0.5, 0.6) is 0 Å². The summed E-state index contributed by atoms with van der Waals surface area (Å²) in [5.41, 5.74) is 3.69. The molecule has 166 valence electrons. The van der Waals surface area contributed by atoms with E-state index in [0.29, 0.717) is 49.7 Å². The van der Waals surface area contributed by atoms with E-state index >= 15 is 0 Å². The molecule has 1 aliphatic rings. The van der Waals surface area contributed by atoms with Crippen molar-refractivity contribution in [3.8, 4) is 16.9 Å². The Bertz CT molecular complexity index is 1120. The molecule has 0 spiro atoms. The second kappa shape index (κ2) is 9.32. The zero-order valence-electron chi connectivity index (χ0n) is 18.2. The molecule has 1 fully saturated rings. The van der Waals surface area contributed by atoms with E-state index in [1.807, 2.05) is 36.1 Å². The summed E-state index contributed by atoms with van der Waals surface area (Å²) in [4.78, 5) is 28.9. The number of rotatable bonds is 5. The lowest BCUT2D eigenvalue weighted by Gasteiger charge is -2.34. The van der Waals surface area contributed by atoms with Crippen LogP contribution >= 0.6 is 0 Å². The number of nitrogens with zero attached hydrogens (tertiary/aromatic N) is 4. The van der Waals surface area contributed by atoms with E-state index in [9.17, 15) is 14.0 Å². The fourth-order valence-electron chi connectivity index (χ4n) is 3.82. The summed E-state index contributed by atoms with van der Waals surface area (Å²) in [5, 5.41) is 7.31. The minimum absolute atomic E-state index is 0.0351. The van der Waals surface area contributed by atoms with Gasteiger partial charge in [0.2, 0.25) is 5.91 Å². The first-order chi connectivity index (χ1) is 15.4. The predicted molar refractivity (Wildman–Crippen MR) is 120 cm³/mol. The van der Waals surface area contributed by atoms with Crippen LogP contribution in [0.2, 0.25) is 0 Å². The van der Waals surface area contributed by atoms with Gasteiger partial charge in [0.15, 0.2) is 0 Å². The number of piperazine rings is 1. The van der Waals surface area contributed by atoms with E-state index < -0.39 is 0 Å². The molecule has 1 N–H and O–H groups in total. The highest BCUT2D eigenvalue weighted by Gasteiger charge is 2.27. The normalized spacial score (nSPS) is 14.4. The van der Waals surface area contributed by atoms with Crippen LogP contribution in [0.3, 0.4) is 0 Å². The van der Waals surface area contributed by atoms with E-state index in [0.717, 1.165) is 11.1 Å². The number of hydrogen-bond donors (Lipinski definition) is 1. The number of benzene rings is 2. The number of amides is 2. The summed E-state index contributed by atoms with van der Waals surface area (Å²) in [6.07, 6.45) is 1.71. The Labute approximate surface area is 186 Å². The molecular formula is C24H26FN5O2. The van der Waals surface area contributed by atoms with Crippen molar-refractivity contribution in [2.24, 2.45) is 0 Å². The zero-order chi connectivity index (χ0) is 22.7. The molecule has 2 aromatic carbocycles. The van der Waals surface area contributed by atoms with Gasteiger partial charge in [-0.2, -0.15) is 5.10 Å². The lowest BCUT2D eigenvalue weighted by molar-refractivity contribution is -0.122. The molecule has 1 saturated heterocycles. The SMILES string of the molecule is CNC(=O)CN1CCN(C(=O)c2cn(-c3ccc(F)cc3)nc2-c2cccc(C)c2)CC1. The highest BCUT2D eigenvalue weighted by molar-refractivity contribution is 6.00. The van der Waals surface area contributed by atoms with Crippen LogP contribution in [0.4, 0.5) is 4.39 Å². The Kier molecular flexibility index (Phi) is 6.32. The maximum atomic E-state index is 13.5. The summed E-state index contributed by atoms with van der Waals surface area (Å²) < 4.78 is 15.0. The third-order valence-electron chi connectivity index (χ3n) is 5.63. The molecule has 2 amide bonds. The van der Waals surface area contributed by atoms with Crippen molar-refractivity contribution in [1.82, 2.24) is 24.9 Å². The van der Waals surface area contributed by atoms with Crippen molar-refractivity contribution < 1.29 is 14.0 Å². The molecule has 3 aromatic rings. The van der Waals surface area contributed by atoms with Crippen LogP contribution in [-0.4, -0.2) is 71.2 Å². The van der Waals surface area contributed by atoms with Gasteiger partial charge in [0.25, 0.3) is 5.91 Å². The van der Waals surface area contributed by atoms with Crippen molar-refractivity contribution in [2.45, 2.75) is 6.92 Å². The average Bonchev–Trinajstić information content (AvgIpc) is 3.25. The van der Waals surface area contributed by atoms with Crippen molar-refractivity contribution in [3.63, 3.8) is 0 Å². The summed E-state index contributed by atoms with van der Waals surface area (Å²) >= 11 is 0. The summed E-state index contributed by atoms with van der Waals surface area (Å²) in [5.74, 6) is -0.465. The van der Waals surface area contributed by atoms with Crippen molar-refractivity contribution in [2.75, 3.05) is 39.8 Å². The Hall–Kier alpha value is -3.52. The fourth-order valence-corrected chi connectivity index (χ4v) is 3.82. The van der Waals surface area contributed by atoms with E-state index in [4.69, 9.17) is 0 Å². The number of aromatic nitrogens is 2. The number of hydrogen-bond acceptors (Lipinski definition) is 4. The first-order valence-corrected chi connectivity index (χ1v) is 10.6. The van der Waals surface area contributed by atoms with Gasteiger partial charge in [-0.05, 0) is 37.3 Å². The Morgan fingerprint density at radius 1 is 1.06 bits per heavy atom. The molecule has 0 radical (unpaired) electrons. The number of carbonyl (C=O) groups is 2. The quantitative estimate of drug-likeness (QED) is 0.669. The lowest BCUT2D eigenvalue weighted by atomic mass is 10.0. The van der Waals surface area contributed by atoms with Crippen molar-refractivity contribution in [1.29, 1.82) is 0 Å². The van der Waals surface area contributed by atoms with E-state index in [1.54, 1.807) is 35.0 Å². The predicted octanol–water partition coefficient (Wildman–Crippen LogP) is 2.49. The maximum Gasteiger partial charge on any atom is 0.257 e. The van der Waals surface area contributed by atoms with Crippen LogP contribution in [0.25, 0.3) is 16.9 Å². The molecular weight excluding hydrogens is 409 g/mol. The molecule has 32 heavy (non-hydrogen) atoms. The van der Waals surface area contributed by atoms with Gasteiger partial charge in [0.1, 0.15) is 11.5 Å². The van der Waals surface area contributed by atoms with Crippen LogP contribution < -0.4 is 5.32 Å². The second-order valence-corrected chi connectivity index (χ2v) is 7.92. The molecule has 4 rings (SSSR count). The van der Waals surface area contributed by atoms with Crippen LogP contribution in [0, 0.1) is 12.7 Å². The van der Waals surface area contributed by atoms with Gasteiger partial charge < -0.3 is 10.2 Å². The fraction of sp³-hybridized carbons (Fsp3) is 0.292. The molecule has 0 bridgehead atoms. The van der Waals surface area contributed by atoms with E-state index in [-0.39, 0.29) is 17.6 Å². The Morgan fingerprint density at radius 3 is 2.44 bits per heavy atom. The summed E-state index contributed by atoms with van der Waals surface area (Å²) in [6, 6.07) is 13.9. The van der Waals surface area contributed by atoms with Gasteiger partial charge >= 0.3 is 0 Å². The van der Waals surface area contributed by atoms with Crippen LogP contribution in [0.1, 0.15) is 15.9 Å². The van der Waals surface area contributed by atoms with E-state index in [2.05, 4.69) is 10.4 Å². The van der Waals surface area contributed by atoms with Gasteiger partial charge in [-0.1, -0.05) is 23.8 Å². The second-order valence-electron chi connectivity index (χ2n) is 7.92. The molecule has 7 nitrogen and oxygen atoms in total. The average molecular weight is 436 g/mol. The maximum absolute atomic E-state index is 13.5. The monoisotopic (exact) mass is 435 g/mol. The van der Waals surface area contributed by atoms with Crippen molar-refractivity contribution >= 4 is 11.8 Å². The number of likely N-dealkylation sites (N-methyl/N-ethyl adjacent to an activating group) is 1. The molecule has 1 aliphatic heterocycles. The minimum Gasteiger partial charge on any atom is -0.358 e. The number of carbonyl (C=O) groups excluding carboxylic acids is 2. The first kappa shape index (κ1) is 21.7. The molecule has 1 aromatic heterocycles.